The maximum atomic E-state index is 11.9. The van der Waals surface area contributed by atoms with Crippen LogP contribution in [0.15, 0.2) is 71.6 Å². The Morgan fingerprint density at radius 1 is 0.931 bits per heavy atom. The lowest BCUT2D eigenvalue weighted by Crippen LogP contribution is -2.22. The van der Waals surface area contributed by atoms with Crippen LogP contribution in [0.5, 0.6) is 0 Å². The normalized spacial score (nSPS) is 10.4. The van der Waals surface area contributed by atoms with Crippen molar-refractivity contribution in [3.63, 3.8) is 0 Å². The zero-order valence-corrected chi connectivity index (χ0v) is 16.6. The molecule has 6 nitrogen and oxygen atoms in total. The number of nitrogens with one attached hydrogen (secondary N) is 2. The molecule has 0 aliphatic rings. The van der Waals surface area contributed by atoms with Gasteiger partial charge in [-0.25, -0.2) is 0 Å². The summed E-state index contributed by atoms with van der Waals surface area (Å²) in [7, 11) is 1.55. The fourth-order valence-electron chi connectivity index (χ4n) is 2.63. The van der Waals surface area contributed by atoms with Crippen molar-refractivity contribution in [1.29, 1.82) is 0 Å². The van der Waals surface area contributed by atoms with Crippen molar-refractivity contribution >= 4 is 46.0 Å². The Morgan fingerprint density at radius 3 is 2.38 bits per heavy atom. The molecule has 7 heteroatoms. The molecule has 0 aliphatic carbocycles. The zero-order chi connectivity index (χ0) is 20.6. The Bertz CT molecular complexity index is 1030. The number of fused-ring (bicyclic) bond motifs is 1. The molecule has 0 aliphatic heterocycles. The SMILES string of the molecule is CNC(=O)c1ccc(NC(=O)COC(=O)CSc2ccc3ccccc3c2)cc1. The number of ether oxygens (including phenoxy) is 1. The number of hydrogen-bond donors (Lipinski definition) is 2. The van der Waals surface area contributed by atoms with E-state index in [1.54, 1.807) is 31.3 Å². The number of esters is 1. The van der Waals surface area contributed by atoms with Gasteiger partial charge in [0.2, 0.25) is 0 Å². The van der Waals surface area contributed by atoms with E-state index in [2.05, 4.69) is 10.6 Å². The molecule has 0 bridgehead atoms. The highest BCUT2D eigenvalue weighted by atomic mass is 32.2. The highest BCUT2D eigenvalue weighted by Gasteiger charge is 2.10. The molecule has 3 rings (SSSR count). The topological polar surface area (TPSA) is 84.5 Å². The molecule has 0 atom stereocenters. The zero-order valence-electron chi connectivity index (χ0n) is 15.8. The summed E-state index contributed by atoms with van der Waals surface area (Å²) in [5, 5.41) is 7.38. The van der Waals surface area contributed by atoms with Gasteiger partial charge in [-0.1, -0.05) is 30.3 Å². The fourth-order valence-corrected chi connectivity index (χ4v) is 3.38. The molecule has 0 heterocycles. The molecule has 148 valence electrons. The van der Waals surface area contributed by atoms with Crippen molar-refractivity contribution in [2.75, 3.05) is 24.7 Å². The predicted octanol–water partition coefficient (Wildman–Crippen LogP) is 3.47. The minimum Gasteiger partial charge on any atom is -0.455 e. The van der Waals surface area contributed by atoms with Gasteiger partial charge >= 0.3 is 5.97 Å². The van der Waals surface area contributed by atoms with Crippen molar-refractivity contribution in [2.45, 2.75) is 4.90 Å². The first kappa shape index (κ1) is 20.4. The standard InChI is InChI=1S/C22H20N2O4S/c1-23-22(27)16-6-9-18(10-7-16)24-20(25)13-28-21(26)14-29-19-11-8-15-4-2-3-5-17(15)12-19/h2-12H,13-14H2,1H3,(H,23,27)(H,24,25). The van der Waals surface area contributed by atoms with Crippen LogP contribution >= 0.6 is 11.8 Å². The van der Waals surface area contributed by atoms with Crippen LogP contribution in [-0.4, -0.2) is 37.2 Å². The van der Waals surface area contributed by atoms with Crippen LogP contribution in [0.4, 0.5) is 5.69 Å². The Morgan fingerprint density at radius 2 is 1.66 bits per heavy atom. The maximum absolute atomic E-state index is 11.9. The second kappa shape index (κ2) is 9.75. The molecule has 3 aromatic carbocycles. The van der Waals surface area contributed by atoms with Gasteiger partial charge in [-0.05, 0) is 47.2 Å². The van der Waals surface area contributed by atoms with E-state index in [1.807, 2.05) is 42.5 Å². The Hall–Kier alpha value is -3.32. The third-order valence-corrected chi connectivity index (χ3v) is 5.07. The molecule has 0 saturated heterocycles. The van der Waals surface area contributed by atoms with Crippen molar-refractivity contribution in [1.82, 2.24) is 5.32 Å². The largest absolute Gasteiger partial charge is 0.455 e. The molecule has 2 amide bonds. The summed E-state index contributed by atoms with van der Waals surface area (Å²) >= 11 is 1.36. The number of anilines is 1. The van der Waals surface area contributed by atoms with E-state index in [0.717, 1.165) is 15.7 Å². The minimum atomic E-state index is -0.465. The van der Waals surface area contributed by atoms with Gasteiger partial charge in [0, 0.05) is 23.2 Å². The third kappa shape index (κ3) is 5.83. The van der Waals surface area contributed by atoms with Crippen molar-refractivity contribution < 1.29 is 19.1 Å². The van der Waals surface area contributed by atoms with Gasteiger partial charge in [0.05, 0.1) is 5.75 Å². The summed E-state index contributed by atoms with van der Waals surface area (Å²) in [6.45, 7) is -0.367. The van der Waals surface area contributed by atoms with E-state index in [1.165, 1.54) is 11.8 Å². The van der Waals surface area contributed by atoms with E-state index in [4.69, 9.17) is 4.74 Å². The number of carbonyl (C=O) groups excluding carboxylic acids is 3. The number of benzene rings is 3. The van der Waals surface area contributed by atoms with Gasteiger partial charge in [-0.15, -0.1) is 11.8 Å². The quantitative estimate of drug-likeness (QED) is 0.462. The summed E-state index contributed by atoms with van der Waals surface area (Å²) in [6.07, 6.45) is 0. The van der Waals surface area contributed by atoms with Crippen molar-refractivity contribution in [2.24, 2.45) is 0 Å². The Kier molecular flexibility index (Phi) is 6.86. The van der Waals surface area contributed by atoms with Gasteiger partial charge in [0.1, 0.15) is 0 Å². The number of rotatable bonds is 7. The molecule has 0 radical (unpaired) electrons. The van der Waals surface area contributed by atoms with Crippen LogP contribution in [0.1, 0.15) is 10.4 Å². The summed E-state index contributed by atoms with van der Waals surface area (Å²) < 4.78 is 5.03. The van der Waals surface area contributed by atoms with E-state index in [-0.39, 0.29) is 18.3 Å². The van der Waals surface area contributed by atoms with Gasteiger partial charge in [0.15, 0.2) is 6.61 Å². The van der Waals surface area contributed by atoms with Gasteiger partial charge in [-0.2, -0.15) is 0 Å². The monoisotopic (exact) mass is 408 g/mol. The molecule has 29 heavy (non-hydrogen) atoms. The van der Waals surface area contributed by atoms with Crippen LogP contribution in [-0.2, 0) is 14.3 Å². The third-order valence-electron chi connectivity index (χ3n) is 4.10. The van der Waals surface area contributed by atoms with E-state index >= 15 is 0 Å². The van der Waals surface area contributed by atoms with E-state index in [9.17, 15) is 14.4 Å². The lowest BCUT2D eigenvalue weighted by atomic mass is 10.1. The summed E-state index contributed by atoms with van der Waals surface area (Å²) in [6, 6.07) is 20.4. The first-order chi connectivity index (χ1) is 14.0. The first-order valence-corrected chi connectivity index (χ1v) is 9.93. The van der Waals surface area contributed by atoms with E-state index < -0.39 is 11.9 Å². The van der Waals surface area contributed by atoms with E-state index in [0.29, 0.717) is 11.3 Å². The number of hydrogen-bond acceptors (Lipinski definition) is 5. The van der Waals surface area contributed by atoms with Crippen molar-refractivity contribution in [3.05, 3.63) is 72.3 Å². The summed E-state index contributed by atoms with van der Waals surface area (Å²) in [5.41, 5.74) is 1.01. The van der Waals surface area contributed by atoms with Crippen LogP contribution in [0.2, 0.25) is 0 Å². The lowest BCUT2D eigenvalue weighted by Gasteiger charge is -2.08. The highest BCUT2D eigenvalue weighted by Crippen LogP contribution is 2.23. The smallest absolute Gasteiger partial charge is 0.316 e. The molecule has 2 N–H and O–H groups in total. The molecule has 0 aromatic heterocycles. The molecule has 3 aromatic rings. The van der Waals surface area contributed by atoms with Gasteiger partial charge in [-0.3, -0.25) is 14.4 Å². The summed E-state index contributed by atoms with van der Waals surface area (Å²) in [5.74, 6) is -0.998. The second-order valence-corrected chi connectivity index (χ2v) is 7.21. The van der Waals surface area contributed by atoms with Crippen LogP contribution in [0.3, 0.4) is 0 Å². The number of amides is 2. The van der Waals surface area contributed by atoms with Crippen molar-refractivity contribution in [3.8, 4) is 0 Å². The molecular weight excluding hydrogens is 388 g/mol. The number of carbonyl (C=O) groups is 3. The number of thioether (sulfide) groups is 1. The Balaban J connectivity index is 1.43. The average molecular weight is 408 g/mol. The fraction of sp³-hybridized carbons (Fsp3) is 0.136. The Labute approximate surface area is 172 Å². The van der Waals surface area contributed by atoms with Crippen LogP contribution in [0, 0.1) is 0 Å². The molecule has 0 unspecified atom stereocenters. The molecule has 0 fully saturated rings. The first-order valence-electron chi connectivity index (χ1n) is 8.94. The second-order valence-electron chi connectivity index (χ2n) is 6.16. The summed E-state index contributed by atoms with van der Waals surface area (Å²) in [4.78, 5) is 36.3. The molecule has 0 spiro atoms. The maximum Gasteiger partial charge on any atom is 0.316 e. The molecular formula is C22H20N2O4S. The van der Waals surface area contributed by atoms with Gasteiger partial charge in [0.25, 0.3) is 11.8 Å². The predicted molar refractivity (Wildman–Crippen MR) is 114 cm³/mol. The average Bonchev–Trinajstić information content (AvgIpc) is 2.76. The lowest BCUT2D eigenvalue weighted by molar-refractivity contribution is -0.144. The van der Waals surface area contributed by atoms with Gasteiger partial charge < -0.3 is 15.4 Å². The minimum absolute atomic E-state index is 0.118. The van der Waals surface area contributed by atoms with Crippen LogP contribution < -0.4 is 10.6 Å². The highest BCUT2D eigenvalue weighted by molar-refractivity contribution is 8.00. The van der Waals surface area contributed by atoms with Crippen LogP contribution in [0.25, 0.3) is 10.8 Å². The molecule has 0 saturated carbocycles.